The Hall–Kier alpha value is -1.86. The van der Waals surface area contributed by atoms with E-state index in [-0.39, 0.29) is 5.91 Å². The van der Waals surface area contributed by atoms with Crippen molar-refractivity contribution in [2.45, 2.75) is 38.1 Å². The maximum absolute atomic E-state index is 12.2. The van der Waals surface area contributed by atoms with Crippen LogP contribution in [-0.4, -0.2) is 29.9 Å². The zero-order valence-electron chi connectivity index (χ0n) is 12.2. The van der Waals surface area contributed by atoms with Crippen LogP contribution in [0.4, 0.5) is 5.69 Å². The number of fused-ring (bicyclic) bond motifs is 1. The molecule has 1 amide bonds. The molecule has 1 saturated heterocycles. The number of hydrogen-bond acceptors (Lipinski definition) is 3. The summed E-state index contributed by atoms with van der Waals surface area (Å²) in [6.07, 6.45) is 6.41. The summed E-state index contributed by atoms with van der Waals surface area (Å²) in [5.74, 6) is 0.780. The lowest BCUT2D eigenvalue weighted by molar-refractivity contribution is -0.117. The van der Waals surface area contributed by atoms with E-state index in [0.717, 1.165) is 12.5 Å². The van der Waals surface area contributed by atoms with Gasteiger partial charge in [0.2, 0.25) is 5.91 Å². The van der Waals surface area contributed by atoms with Gasteiger partial charge < -0.3 is 5.32 Å². The van der Waals surface area contributed by atoms with Gasteiger partial charge in [0, 0.05) is 6.04 Å². The molecular weight excluding hydrogens is 262 g/mol. The van der Waals surface area contributed by atoms with Gasteiger partial charge in [-0.3, -0.25) is 9.69 Å². The molecule has 0 aromatic heterocycles. The van der Waals surface area contributed by atoms with E-state index < -0.39 is 0 Å². The first-order chi connectivity index (χ1) is 10.3. The molecule has 2 fully saturated rings. The van der Waals surface area contributed by atoms with Crippen LogP contribution in [0.25, 0.3) is 0 Å². The lowest BCUT2D eigenvalue weighted by Gasteiger charge is -2.31. The molecule has 1 aromatic carbocycles. The SMILES string of the molecule is N#Cc1ccccc1NC(=O)CN1CCC2CCCCC21. The number of carbonyl (C=O) groups is 1. The lowest BCUT2D eigenvalue weighted by atomic mass is 9.85. The number of likely N-dealkylation sites (tertiary alicyclic amines) is 1. The third kappa shape index (κ3) is 3.08. The molecule has 110 valence electrons. The minimum Gasteiger partial charge on any atom is -0.324 e. The molecule has 3 rings (SSSR count). The molecule has 1 aromatic rings. The summed E-state index contributed by atoms with van der Waals surface area (Å²) >= 11 is 0. The number of benzene rings is 1. The van der Waals surface area contributed by atoms with Gasteiger partial charge in [-0.2, -0.15) is 5.26 Å². The Morgan fingerprint density at radius 1 is 1.29 bits per heavy atom. The van der Waals surface area contributed by atoms with Crippen molar-refractivity contribution in [1.82, 2.24) is 4.90 Å². The highest BCUT2D eigenvalue weighted by Crippen LogP contribution is 2.35. The standard InChI is InChI=1S/C17H21N3O/c18-11-14-6-1-3-7-15(14)19-17(21)12-20-10-9-13-5-2-4-8-16(13)20/h1,3,6-7,13,16H,2,4-5,8-10,12H2,(H,19,21). The molecule has 4 heteroatoms. The summed E-state index contributed by atoms with van der Waals surface area (Å²) in [6.45, 7) is 1.48. The molecular formula is C17H21N3O. The van der Waals surface area contributed by atoms with Gasteiger partial charge in [-0.25, -0.2) is 0 Å². The van der Waals surface area contributed by atoms with Gasteiger partial charge in [-0.15, -0.1) is 0 Å². The quantitative estimate of drug-likeness (QED) is 0.928. The molecule has 21 heavy (non-hydrogen) atoms. The van der Waals surface area contributed by atoms with Crippen LogP contribution in [0.2, 0.25) is 0 Å². The highest BCUT2D eigenvalue weighted by atomic mass is 16.2. The van der Waals surface area contributed by atoms with E-state index in [1.54, 1.807) is 18.2 Å². The van der Waals surface area contributed by atoms with E-state index in [2.05, 4.69) is 16.3 Å². The Bertz CT molecular complexity index is 563. The third-order valence-corrected chi connectivity index (χ3v) is 4.79. The van der Waals surface area contributed by atoms with Crippen molar-refractivity contribution < 1.29 is 4.79 Å². The first-order valence-corrected chi connectivity index (χ1v) is 7.81. The average Bonchev–Trinajstić information content (AvgIpc) is 2.91. The average molecular weight is 283 g/mol. The maximum atomic E-state index is 12.2. The number of anilines is 1. The predicted octanol–water partition coefficient (Wildman–Crippen LogP) is 2.76. The van der Waals surface area contributed by atoms with E-state index in [1.807, 2.05) is 6.07 Å². The summed E-state index contributed by atoms with van der Waals surface area (Å²) in [4.78, 5) is 14.6. The number of carbonyl (C=O) groups excluding carboxylic acids is 1. The van der Waals surface area contributed by atoms with Crippen LogP contribution < -0.4 is 5.32 Å². The van der Waals surface area contributed by atoms with E-state index in [4.69, 9.17) is 5.26 Å². The number of nitrogens with one attached hydrogen (secondary N) is 1. The lowest BCUT2D eigenvalue weighted by Crippen LogP contribution is -2.39. The summed E-state index contributed by atoms with van der Waals surface area (Å²) < 4.78 is 0. The van der Waals surface area contributed by atoms with E-state index in [0.29, 0.717) is 23.8 Å². The second-order valence-corrected chi connectivity index (χ2v) is 6.08. The van der Waals surface area contributed by atoms with E-state index in [9.17, 15) is 4.79 Å². The van der Waals surface area contributed by atoms with Crippen molar-refractivity contribution in [2.24, 2.45) is 5.92 Å². The zero-order valence-corrected chi connectivity index (χ0v) is 12.2. The molecule has 0 radical (unpaired) electrons. The van der Waals surface area contributed by atoms with Crippen molar-refractivity contribution in [2.75, 3.05) is 18.4 Å². The van der Waals surface area contributed by atoms with Crippen LogP contribution in [0.15, 0.2) is 24.3 Å². The Kier molecular flexibility index (Phi) is 4.21. The van der Waals surface area contributed by atoms with Gasteiger partial charge in [-0.05, 0) is 43.9 Å². The van der Waals surface area contributed by atoms with Crippen LogP contribution >= 0.6 is 0 Å². The molecule has 1 aliphatic heterocycles. The first kappa shape index (κ1) is 14.1. The molecule has 2 aliphatic rings. The fraction of sp³-hybridized carbons (Fsp3) is 0.529. The van der Waals surface area contributed by atoms with Crippen molar-refractivity contribution >= 4 is 11.6 Å². The smallest absolute Gasteiger partial charge is 0.238 e. The maximum Gasteiger partial charge on any atom is 0.238 e. The van der Waals surface area contributed by atoms with Gasteiger partial charge in [0.15, 0.2) is 0 Å². The predicted molar refractivity (Wildman–Crippen MR) is 81.7 cm³/mol. The van der Waals surface area contributed by atoms with Crippen LogP contribution in [0.1, 0.15) is 37.7 Å². The second-order valence-electron chi connectivity index (χ2n) is 6.08. The number of hydrogen-bond donors (Lipinski definition) is 1. The number of para-hydroxylation sites is 1. The molecule has 2 unspecified atom stereocenters. The van der Waals surface area contributed by atoms with Crippen molar-refractivity contribution in [3.8, 4) is 6.07 Å². The third-order valence-electron chi connectivity index (χ3n) is 4.79. The van der Waals surface area contributed by atoms with E-state index >= 15 is 0 Å². The van der Waals surface area contributed by atoms with Crippen molar-refractivity contribution in [1.29, 1.82) is 5.26 Å². The highest BCUT2D eigenvalue weighted by Gasteiger charge is 2.36. The minimum atomic E-state index is -0.0103. The van der Waals surface area contributed by atoms with Gasteiger partial charge in [0.25, 0.3) is 0 Å². The van der Waals surface area contributed by atoms with Crippen LogP contribution in [0, 0.1) is 17.2 Å². The number of rotatable bonds is 3. The fourth-order valence-corrected chi connectivity index (χ4v) is 3.76. The summed E-state index contributed by atoms with van der Waals surface area (Å²) in [7, 11) is 0. The molecule has 4 nitrogen and oxygen atoms in total. The summed E-state index contributed by atoms with van der Waals surface area (Å²) in [5, 5.41) is 11.9. The molecule has 1 saturated carbocycles. The number of amides is 1. The molecule has 0 bridgehead atoms. The van der Waals surface area contributed by atoms with E-state index in [1.165, 1.54) is 32.1 Å². The molecule has 1 aliphatic carbocycles. The number of nitriles is 1. The van der Waals surface area contributed by atoms with Gasteiger partial charge in [-0.1, -0.05) is 25.0 Å². The normalized spacial score (nSPS) is 25.1. The summed E-state index contributed by atoms with van der Waals surface area (Å²) in [5.41, 5.74) is 1.13. The summed E-state index contributed by atoms with van der Waals surface area (Å²) in [6, 6.07) is 9.85. The monoisotopic (exact) mass is 283 g/mol. The highest BCUT2D eigenvalue weighted by molar-refractivity contribution is 5.93. The molecule has 2 atom stereocenters. The van der Waals surface area contributed by atoms with Crippen molar-refractivity contribution in [3.63, 3.8) is 0 Å². The molecule has 1 N–H and O–H groups in total. The number of nitrogens with zero attached hydrogens (tertiary/aromatic N) is 2. The van der Waals surface area contributed by atoms with Gasteiger partial charge in [0.05, 0.1) is 17.8 Å². The second kappa shape index (κ2) is 6.28. The molecule has 0 spiro atoms. The Morgan fingerprint density at radius 2 is 2.10 bits per heavy atom. The Morgan fingerprint density at radius 3 is 2.95 bits per heavy atom. The topological polar surface area (TPSA) is 56.1 Å². The largest absolute Gasteiger partial charge is 0.324 e. The Balaban J connectivity index is 1.61. The first-order valence-electron chi connectivity index (χ1n) is 7.81. The zero-order chi connectivity index (χ0) is 14.7. The Labute approximate surface area is 125 Å². The molecule has 1 heterocycles. The fourth-order valence-electron chi connectivity index (χ4n) is 3.76. The van der Waals surface area contributed by atoms with Gasteiger partial charge >= 0.3 is 0 Å². The van der Waals surface area contributed by atoms with Crippen LogP contribution in [0.5, 0.6) is 0 Å². The van der Waals surface area contributed by atoms with Crippen LogP contribution in [0.3, 0.4) is 0 Å². The van der Waals surface area contributed by atoms with Gasteiger partial charge in [0.1, 0.15) is 6.07 Å². The van der Waals surface area contributed by atoms with Crippen LogP contribution in [-0.2, 0) is 4.79 Å². The van der Waals surface area contributed by atoms with Crippen molar-refractivity contribution in [3.05, 3.63) is 29.8 Å². The minimum absolute atomic E-state index is 0.0103.